The van der Waals surface area contributed by atoms with Crippen molar-refractivity contribution in [2.24, 2.45) is 0 Å². The molecule has 0 aliphatic carbocycles. The van der Waals surface area contributed by atoms with Crippen molar-refractivity contribution in [3.8, 4) is 0 Å². The van der Waals surface area contributed by atoms with Crippen LogP contribution in [0, 0.1) is 6.92 Å². The molecule has 6 heteroatoms. The third-order valence-corrected chi connectivity index (χ3v) is 3.08. The summed E-state index contributed by atoms with van der Waals surface area (Å²) in [6, 6.07) is 6.81. The molecule has 0 spiro atoms. The van der Waals surface area contributed by atoms with Crippen LogP contribution >= 0.6 is 23.2 Å². The second-order valence-electron chi connectivity index (χ2n) is 4.01. The van der Waals surface area contributed by atoms with E-state index in [2.05, 4.69) is 5.16 Å². The van der Waals surface area contributed by atoms with Crippen LogP contribution in [-0.2, 0) is 16.1 Å². The summed E-state index contributed by atoms with van der Waals surface area (Å²) in [4.78, 5) is 11.6. The van der Waals surface area contributed by atoms with Crippen LogP contribution in [0.4, 0.5) is 0 Å². The van der Waals surface area contributed by atoms with Crippen LogP contribution in [0.2, 0.25) is 10.0 Å². The number of benzene rings is 1. The minimum atomic E-state index is -0.512. The zero-order valence-electron chi connectivity index (χ0n) is 10.6. The topological polar surface area (TPSA) is 52.3 Å². The van der Waals surface area contributed by atoms with Crippen molar-refractivity contribution in [1.82, 2.24) is 5.16 Å². The molecule has 0 amide bonds. The number of nitrogens with zero attached hydrogens (tertiary/aromatic N) is 1. The van der Waals surface area contributed by atoms with Gasteiger partial charge in [0.2, 0.25) is 0 Å². The number of carbonyl (C=O) groups excluding carboxylic acids is 1. The van der Waals surface area contributed by atoms with Gasteiger partial charge in [-0.3, -0.25) is 0 Å². The Balaban J connectivity index is 1.96. The lowest BCUT2D eigenvalue weighted by Crippen LogP contribution is -2.00. The first-order chi connectivity index (χ1) is 9.56. The third-order valence-electron chi connectivity index (χ3n) is 2.42. The van der Waals surface area contributed by atoms with Crippen molar-refractivity contribution < 1.29 is 14.1 Å². The predicted molar refractivity (Wildman–Crippen MR) is 76.5 cm³/mol. The van der Waals surface area contributed by atoms with E-state index < -0.39 is 5.97 Å². The van der Waals surface area contributed by atoms with Gasteiger partial charge in [-0.05, 0) is 25.1 Å². The van der Waals surface area contributed by atoms with Gasteiger partial charge in [-0.2, -0.15) is 0 Å². The van der Waals surface area contributed by atoms with Crippen LogP contribution in [0.3, 0.4) is 0 Å². The molecule has 104 valence electrons. The Kier molecular flexibility index (Phi) is 4.82. The first-order valence-electron chi connectivity index (χ1n) is 5.77. The van der Waals surface area contributed by atoms with Gasteiger partial charge in [-0.15, -0.1) is 0 Å². The van der Waals surface area contributed by atoms with Crippen molar-refractivity contribution in [2.75, 3.05) is 0 Å². The molecule has 1 heterocycles. The fraction of sp³-hybridized carbons (Fsp3) is 0.143. The highest BCUT2D eigenvalue weighted by Gasteiger charge is 2.05. The molecular weight excluding hydrogens is 301 g/mol. The van der Waals surface area contributed by atoms with Gasteiger partial charge in [-0.25, -0.2) is 4.79 Å². The van der Waals surface area contributed by atoms with Crippen molar-refractivity contribution in [1.29, 1.82) is 0 Å². The lowest BCUT2D eigenvalue weighted by atomic mass is 10.2. The van der Waals surface area contributed by atoms with Gasteiger partial charge in [0.05, 0.1) is 0 Å². The highest BCUT2D eigenvalue weighted by atomic mass is 35.5. The number of hydrogen-bond donors (Lipinski definition) is 0. The van der Waals surface area contributed by atoms with Gasteiger partial charge >= 0.3 is 5.97 Å². The lowest BCUT2D eigenvalue weighted by Gasteiger charge is -2.01. The highest BCUT2D eigenvalue weighted by molar-refractivity contribution is 6.37. The second kappa shape index (κ2) is 6.59. The van der Waals surface area contributed by atoms with Crippen molar-refractivity contribution in [3.63, 3.8) is 0 Å². The van der Waals surface area contributed by atoms with Gasteiger partial charge < -0.3 is 9.26 Å². The molecule has 0 radical (unpaired) electrons. The van der Waals surface area contributed by atoms with E-state index in [1.807, 2.05) is 0 Å². The number of ether oxygens (including phenoxy) is 1. The minimum Gasteiger partial charge on any atom is -0.456 e. The monoisotopic (exact) mass is 311 g/mol. The Bertz CT molecular complexity index is 629. The molecule has 20 heavy (non-hydrogen) atoms. The number of halogens is 2. The summed E-state index contributed by atoms with van der Waals surface area (Å²) < 4.78 is 9.87. The van der Waals surface area contributed by atoms with Crippen molar-refractivity contribution >= 4 is 35.2 Å². The number of rotatable bonds is 4. The number of carbonyl (C=O) groups is 1. The maximum atomic E-state index is 11.6. The maximum absolute atomic E-state index is 11.6. The Morgan fingerprint density at radius 3 is 2.70 bits per heavy atom. The van der Waals surface area contributed by atoms with Crippen molar-refractivity contribution in [3.05, 3.63) is 57.4 Å². The molecule has 0 aliphatic rings. The van der Waals surface area contributed by atoms with E-state index in [-0.39, 0.29) is 6.61 Å². The summed E-state index contributed by atoms with van der Waals surface area (Å²) in [6.45, 7) is 1.81. The lowest BCUT2D eigenvalue weighted by molar-refractivity contribution is -0.139. The summed E-state index contributed by atoms with van der Waals surface area (Å²) in [7, 11) is 0. The molecule has 2 rings (SSSR count). The summed E-state index contributed by atoms with van der Waals surface area (Å²) in [5.41, 5.74) is 1.13. The standard InChI is InChI=1S/C14H11Cl2NO3/c1-9-7-10(17-20-9)8-19-14(18)6-5-11-12(15)3-2-4-13(11)16/h2-7H,8H2,1H3/b6-5+. The number of hydrogen-bond acceptors (Lipinski definition) is 4. The molecule has 0 N–H and O–H groups in total. The normalized spacial score (nSPS) is 10.9. The largest absolute Gasteiger partial charge is 0.456 e. The van der Waals surface area contributed by atoms with E-state index in [0.29, 0.717) is 27.1 Å². The molecule has 0 saturated carbocycles. The van der Waals surface area contributed by atoms with Crippen LogP contribution in [-0.4, -0.2) is 11.1 Å². The molecule has 0 bridgehead atoms. The van der Waals surface area contributed by atoms with Crippen LogP contribution in [0.25, 0.3) is 6.08 Å². The molecule has 1 aromatic heterocycles. The van der Waals surface area contributed by atoms with E-state index in [1.54, 1.807) is 31.2 Å². The first-order valence-corrected chi connectivity index (χ1v) is 6.53. The molecule has 0 fully saturated rings. The fourth-order valence-electron chi connectivity index (χ4n) is 1.50. The molecule has 4 nitrogen and oxygen atoms in total. The average Bonchev–Trinajstić information content (AvgIpc) is 2.82. The van der Waals surface area contributed by atoms with Crippen LogP contribution in [0.1, 0.15) is 17.0 Å². The maximum Gasteiger partial charge on any atom is 0.331 e. The SMILES string of the molecule is Cc1cc(COC(=O)/C=C/c2c(Cl)cccc2Cl)no1. The molecule has 0 unspecified atom stereocenters. The van der Waals surface area contributed by atoms with E-state index in [1.165, 1.54) is 12.2 Å². The molecule has 1 aromatic carbocycles. The van der Waals surface area contributed by atoms with Gasteiger partial charge in [0.15, 0.2) is 0 Å². The number of aryl methyl sites for hydroxylation is 1. The molecular formula is C14H11Cl2NO3. The number of esters is 1. The summed E-state index contributed by atoms with van der Waals surface area (Å²) in [5.74, 6) is 0.149. The summed E-state index contributed by atoms with van der Waals surface area (Å²) in [6.07, 6.45) is 2.78. The quantitative estimate of drug-likeness (QED) is 0.631. The fourth-order valence-corrected chi connectivity index (χ4v) is 2.02. The van der Waals surface area contributed by atoms with E-state index >= 15 is 0 Å². The molecule has 0 atom stereocenters. The van der Waals surface area contributed by atoms with E-state index in [9.17, 15) is 4.79 Å². The number of aromatic nitrogens is 1. The third kappa shape index (κ3) is 3.85. The predicted octanol–water partition coefficient (Wildman–Crippen LogP) is 4.05. The van der Waals surface area contributed by atoms with Crippen LogP contribution < -0.4 is 0 Å². The van der Waals surface area contributed by atoms with Gasteiger partial charge in [-0.1, -0.05) is 34.4 Å². The smallest absolute Gasteiger partial charge is 0.331 e. The zero-order valence-corrected chi connectivity index (χ0v) is 12.1. The van der Waals surface area contributed by atoms with Crippen molar-refractivity contribution in [2.45, 2.75) is 13.5 Å². The molecule has 0 aliphatic heterocycles. The summed E-state index contributed by atoms with van der Waals surface area (Å²) >= 11 is 12.0. The molecule has 0 saturated heterocycles. The highest BCUT2D eigenvalue weighted by Crippen LogP contribution is 2.25. The van der Waals surface area contributed by atoms with Crippen LogP contribution in [0.15, 0.2) is 34.9 Å². The molecule has 2 aromatic rings. The Hall–Kier alpha value is -1.78. The van der Waals surface area contributed by atoms with Gasteiger partial charge in [0.25, 0.3) is 0 Å². The van der Waals surface area contributed by atoms with Gasteiger partial charge in [0, 0.05) is 27.8 Å². The minimum absolute atomic E-state index is 0.0523. The summed E-state index contributed by atoms with van der Waals surface area (Å²) in [5, 5.41) is 4.65. The van der Waals surface area contributed by atoms with Crippen LogP contribution in [0.5, 0.6) is 0 Å². The average molecular weight is 312 g/mol. The van der Waals surface area contributed by atoms with E-state index in [4.69, 9.17) is 32.5 Å². The Morgan fingerprint density at radius 1 is 1.40 bits per heavy atom. The Morgan fingerprint density at radius 2 is 2.10 bits per heavy atom. The zero-order chi connectivity index (χ0) is 14.5. The van der Waals surface area contributed by atoms with Gasteiger partial charge in [0.1, 0.15) is 18.1 Å². The van der Waals surface area contributed by atoms with E-state index in [0.717, 1.165) is 0 Å². The second-order valence-corrected chi connectivity index (χ2v) is 4.82. The first kappa shape index (κ1) is 14.6. The Labute approximate surface area is 125 Å².